The van der Waals surface area contributed by atoms with Gasteiger partial charge < -0.3 is 5.32 Å². The second-order valence-corrected chi connectivity index (χ2v) is 4.65. The van der Waals surface area contributed by atoms with Crippen LogP contribution in [0.2, 0.25) is 0 Å². The largest absolute Gasteiger partial charge is 0.352 e. The molecular weight excluding hydrogens is 234 g/mol. The topological polar surface area (TPSA) is 65.8 Å². The van der Waals surface area contributed by atoms with Gasteiger partial charge in [0, 0.05) is 12.7 Å². The Kier molecular flexibility index (Phi) is 5.24. The predicted octanol–water partition coefficient (Wildman–Crippen LogP) is 1.74. The molecule has 1 amide bonds. The molecule has 1 rings (SSSR count). The molecule has 0 aliphatic heterocycles. The number of carbonyl (C=O) groups is 1. The van der Waals surface area contributed by atoms with E-state index in [2.05, 4.69) is 16.9 Å². The third kappa shape index (κ3) is 4.29. The summed E-state index contributed by atoms with van der Waals surface area (Å²) in [5, 5.41) is 11.9. The van der Waals surface area contributed by atoms with Crippen LogP contribution >= 0.6 is 11.8 Å². The van der Waals surface area contributed by atoms with Crippen molar-refractivity contribution in [1.29, 1.82) is 5.26 Å². The smallest absolute Gasteiger partial charge is 0.233 e. The first-order chi connectivity index (χ1) is 8.17. The Morgan fingerprint density at radius 2 is 2.59 bits per heavy atom. The first-order valence-electron chi connectivity index (χ1n) is 5.08. The van der Waals surface area contributed by atoms with Crippen LogP contribution in [0, 0.1) is 11.3 Å². The van der Waals surface area contributed by atoms with Crippen molar-refractivity contribution in [2.45, 2.75) is 17.2 Å². The molecule has 1 aromatic rings. The maximum atomic E-state index is 11.6. The first-order valence-corrected chi connectivity index (χ1v) is 5.96. The van der Waals surface area contributed by atoms with Crippen molar-refractivity contribution in [2.24, 2.45) is 0 Å². The Hall–Kier alpha value is -1.80. The number of pyridine rings is 1. The van der Waals surface area contributed by atoms with Gasteiger partial charge >= 0.3 is 0 Å². The van der Waals surface area contributed by atoms with Gasteiger partial charge in [0.05, 0.1) is 21.9 Å². The summed E-state index contributed by atoms with van der Waals surface area (Å²) < 4.78 is 0. The summed E-state index contributed by atoms with van der Waals surface area (Å²) >= 11 is 1.32. The summed E-state index contributed by atoms with van der Waals surface area (Å²) in [5.74, 6) is -0.0703. The molecule has 1 heterocycles. The van der Waals surface area contributed by atoms with Gasteiger partial charge in [-0.1, -0.05) is 17.8 Å². The van der Waals surface area contributed by atoms with Gasteiger partial charge in [-0.2, -0.15) is 5.26 Å². The summed E-state index contributed by atoms with van der Waals surface area (Å²) in [6.07, 6.45) is 3.19. The van der Waals surface area contributed by atoms with Crippen molar-refractivity contribution in [3.63, 3.8) is 0 Å². The molecule has 0 spiro atoms. The number of rotatable bonds is 5. The van der Waals surface area contributed by atoms with E-state index in [0.29, 0.717) is 17.1 Å². The molecule has 0 radical (unpaired) electrons. The minimum absolute atomic E-state index is 0.0703. The second-order valence-electron chi connectivity index (χ2n) is 3.29. The molecule has 0 saturated heterocycles. The van der Waals surface area contributed by atoms with E-state index >= 15 is 0 Å². The third-order valence-electron chi connectivity index (χ3n) is 1.95. The Morgan fingerprint density at radius 3 is 3.24 bits per heavy atom. The third-order valence-corrected chi connectivity index (χ3v) is 2.98. The quantitative estimate of drug-likeness (QED) is 0.635. The van der Waals surface area contributed by atoms with Crippen LogP contribution < -0.4 is 5.32 Å². The number of amides is 1. The lowest BCUT2D eigenvalue weighted by Crippen LogP contribution is -2.30. The lowest BCUT2D eigenvalue weighted by atomic mass is 10.3. The standard InChI is InChI=1S/C12H13N3OS/c1-3-5-15-12(16)9(2)17-11-7-10(8-13)4-6-14-11/h3-4,6-7,9H,1,5H2,2H3,(H,15,16)/t9-/m1/s1. The Morgan fingerprint density at radius 1 is 1.82 bits per heavy atom. The van der Waals surface area contributed by atoms with Crippen LogP contribution in [0.3, 0.4) is 0 Å². The van der Waals surface area contributed by atoms with E-state index in [-0.39, 0.29) is 11.2 Å². The van der Waals surface area contributed by atoms with Crippen LogP contribution in [0.5, 0.6) is 0 Å². The van der Waals surface area contributed by atoms with E-state index in [0.717, 1.165) is 0 Å². The van der Waals surface area contributed by atoms with E-state index in [4.69, 9.17) is 5.26 Å². The van der Waals surface area contributed by atoms with Crippen molar-refractivity contribution in [1.82, 2.24) is 10.3 Å². The molecule has 0 saturated carbocycles. The van der Waals surface area contributed by atoms with Gasteiger partial charge in [-0.15, -0.1) is 6.58 Å². The Balaban J connectivity index is 2.61. The van der Waals surface area contributed by atoms with Gasteiger partial charge in [0.15, 0.2) is 0 Å². The number of aromatic nitrogens is 1. The zero-order valence-electron chi connectivity index (χ0n) is 9.51. The number of hydrogen-bond acceptors (Lipinski definition) is 4. The number of hydrogen-bond donors (Lipinski definition) is 1. The highest BCUT2D eigenvalue weighted by molar-refractivity contribution is 8.00. The molecular formula is C12H13N3OS. The second kappa shape index (κ2) is 6.71. The maximum Gasteiger partial charge on any atom is 0.233 e. The summed E-state index contributed by atoms with van der Waals surface area (Å²) in [6, 6.07) is 5.34. The SMILES string of the molecule is C=CCNC(=O)[C@@H](C)Sc1cc(C#N)ccn1. The molecule has 1 N–H and O–H groups in total. The Bertz CT molecular complexity index is 453. The van der Waals surface area contributed by atoms with Crippen LogP contribution in [-0.4, -0.2) is 22.7 Å². The van der Waals surface area contributed by atoms with E-state index < -0.39 is 0 Å². The molecule has 0 aromatic carbocycles. The molecule has 0 aliphatic carbocycles. The highest BCUT2D eigenvalue weighted by atomic mass is 32.2. The van der Waals surface area contributed by atoms with Gasteiger partial charge in [-0.3, -0.25) is 4.79 Å². The minimum atomic E-state index is -0.253. The number of nitriles is 1. The zero-order chi connectivity index (χ0) is 12.7. The van der Waals surface area contributed by atoms with Crippen LogP contribution in [0.4, 0.5) is 0 Å². The normalized spacial score (nSPS) is 11.3. The first kappa shape index (κ1) is 13.3. The minimum Gasteiger partial charge on any atom is -0.352 e. The predicted molar refractivity (Wildman–Crippen MR) is 67.5 cm³/mol. The number of nitrogens with zero attached hydrogens (tertiary/aromatic N) is 2. The van der Waals surface area contributed by atoms with Gasteiger partial charge in [-0.25, -0.2) is 4.98 Å². The molecule has 0 fully saturated rings. The van der Waals surface area contributed by atoms with Crippen molar-refractivity contribution in [2.75, 3.05) is 6.54 Å². The van der Waals surface area contributed by atoms with E-state index in [1.807, 2.05) is 6.07 Å². The van der Waals surface area contributed by atoms with Gasteiger partial charge in [0.1, 0.15) is 0 Å². The molecule has 1 atom stereocenters. The average Bonchev–Trinajstić information content (AvgIpc) is 2.36. The van der Waals surface area contributed by atoms with Gasteiger partial charge in [0.2, 0.25) is 5.91 Å². The highest BCUT2D eigenvalue weighted by Gasteiger charge is 2.14. The fraction of sp³-hybridized carbons (Fsp3) is 0.250. The highest BCUT2D eigenvalue weighted by Crippen LogP contribution is 2.21. The Labute approximate surface area is 105 Å². The van der Waals surface area contributed by atoms with Crippen molar-refractivity contribution >= 4 is 17.7 Å². The molecule has 17 heavy (non-hydrogen) atoms. The van der Waals surface area contributed by atoms with Crippen LogP contribution in [-0.2, 0) is 4.79 Å². The molecule has 5 heteroatoms. The van der Waals surface area contributed by atoms with Crippen LogP contribution in [0.1, 0.15) is 12.5 Å². The van der Waals surface area contributed by atoms with Gasteiger partial charge in [-0.05, 0) is 19.1 Å². The van der Waals surface area contributed by atoms with Crippen LogP contribution in [0.25, 0.3) is 0 Å². The monoisotopic (exact) mass is 247 g/mol. The average molecular weight is 247 g/mol. The van der Waals surface area contributed by atoms with Crippen molar-refractivity contribution < 1.29 is 4.79 Å². The molecule has 4 nitrogen and oxygen atoms in total. The van der Waals surface area contributed by atoms with E-state index in [1.165, 1.54) is 11.8 Å². The number of carbonyl (C=O) groups excluding carboxylic acids is 1. The summed E-state index contributed by atoms with van der Waals surface area (Å²) in [5.41, 5.74) is 0.543. The summed E-state index contributed by atoms with van der Waals surface area (Å²) in [4.78, 5) is 15.7. The van der Waals surface area contributed by atoms with Crippen LogP contribution in [0.15, 0.2) is 36.0 Å². The number of thioether (sulfide) groups is 1. The fourth-order valence-corrected chi connectivity index (χ4v) is 1.96. The molecule has 0 bridgehead atoms. The van der Waals surface area contributed by atoms with Crippen molar-refractivity contribution in [3.05, 3.63) is 36.5 Å². The fourth-order valence-electron chi connectivity index (χ4n) is 1.09. The summed E-state index contributed by atoms with van der Waals surface area (Å²) in [6.45, 7) is 5.78. The zero-order valence-corrected chi connectivity index (χ0v) is 10.3. The van der Waals surface area contributed by atoms with E-state index in [9.17, 15) is 4.79 Å². The summed E-state index contributed by atoms with van der Waals surface area (Å²) in [7, 11) is 0. The lowest BCUT2D eigenvalue weighted by Gasteiger charge is -2.10. The van der Waals surface area contributed by atoms with Crippen molar-refractivity contribution in [3.8, 4) is 6.07 Å². The molecule has 0 unspecified atom stereocenters. The lowest BCUT2D eigenvalue weighted by molar-refractivity contribution is -0.120. The van der Waals surface area contributed by atoms with Gasteiger partial charge in [0.25, 0.3) is 0 Å². The molecule has 0 aliphatic rings. The number of nitrogens with one attached hydrogen (secondary N) is 1. The molecule has 1 aromatic heterocycles. The maximum absolute atomic E-state index is 11.6. The van der Waals surface area contributed by atoms with E-state index in [1.54, 1.807) is 31.3 Å². The molecule has 88 valence electrons.